The fourth-order valence-corrected chi connectivity index (χ4v) is 3.78. The van der Waals surface area contributed by atoms with Crippen molar-refractivity contribution in [2.75, 3.05) is 18.5 Å². The Morgan fingerprint density at radius 3 is 2.54 bits per heavy atom. The highest BCUT2D eigenvalue weighted by Gasteiger charge is 2.15. The van der Waals surface area contributed by atoms with Crippen LogP contribution in [0.5, 0.6) is 0 Å². The highest BCUT2D eigenvalue weighted by Crippen LogP contribution is 2.25. The normalized spacial score (nSPS) is 15.6. The third kappa shape index (κ3) is 3.63. The van der Waals surface area contributed by atoms with Gasteiger partial charge in [0, 0.05) is 38.2 Å². The van der Waals surface area contributed by atoms with Crippen LogP contribution in [0.1, 0.15) is 18.4 Å². The Bertz CT molecular complexity index is 798. The topological polar surface area (TPSA) is 40.5 Å². The molecule has 1 fully saturated rings. The Labute approximate surface area is 145 Å². The molecule has 1 aliphatic rings. The van der Waals surface area contributed by atoms with E-state index in [1.54, 1.807) is 11.3 Å². The SMILES string of the molecule is c1ccc(CN2CCC(=NNc3nc4ccccc4s3)CC2)cc1. The standard InChI is InChI=1S/C19H20N4S/c1-2-6-15(7-3-1)14-23-12-10-16(11-13-23)21-22-19-20-17-8-4-5-9-18(17)24-19/h1-9H,10-14H2,(H,20,22). The van der Waals surface area contributed by atoms with E-state index < -0.39 is 0 Å². The van der Waals surface area contributed by atoms with Gasteiger partial charge in [-0.1, -0.05) is 53.8 Å². The molecule has 2 heterocycles. The smallest absolute Gasteiger partial charge is 0.204 e. The summed E-state index contributed by atoms with van der Waals surface area (Å²) in [6.07, 6.45) is 2.04. The number of nitrogens with zero attached hydrogens (tertiary/aromatic N) is 3. The Morgan fingerprint density at radius 2 is 1.75 bits per heavy atom. The molecule has 1 aromatic heterocycles. The minimum absolute atomic E-state index is 0.871. The molecule has 1 N–H and O–H groups in total. The lowest BCUT2D eigenvalue weighted by atomic mass is 10.1. The Kier molecular flexibility index (Phi) is 4.53. The van der Waals surface area contributed by atoms with E-state index in [0.717, 1.165) is 43.1 Å². The Morgan fingerprint density at radius 1 is 1.00 bits per heavy atom. The van der Waals surface area contributed by atoms with Gasteiger partial charge in [0.2, 0.25) is 5.13 Å². The quantitative estimate of drug-likeness (QED) is 0.720. The first-order valence-corrected chi connectivity index (χ1v) is 9.12. The molecule has 0 saturated carbocycles. The van der Waals surface area contributed by atoms with Crippen LogP contribution in [0.4, 0.5) is 5.13 Å². The molecule has 0 bridgehead atoms. The molecule has 0 unspecified atom stereocenters. The molecule has 0 radical (unpaired) electrons. The number of likely N-dealkylation sites (tertiary alicyclic amines) is 1. The molecule has 0 aliphatic carbocycles. The molecule has 24 heavy (non-hydrogen) atoms. The number of fused-ring (bicyclic) bond motifs is 1. The first kappa shape index (κ1) is 15.3. The fraction of sp³-hybridized carbons (Fsp3) is 0.263. The van der Waals surface area contributed by atoms with Gasteiger partial charge in [-0.3, -0.25) is 10.3 Å². The molecule has 4 rings (SSSR count). The number of rotatable bonds is 4. The van der Waals surface area contributed by atoms with Gasteiger partial charge in [0.25, 0.3) is 0 Å². The van der Waals surface area contributed by atoms with Crippen LogP contribution >= 0.6 is 11.3 Å². The number of anilines is 1. The van der Waals surface area contributed by atoms with Gasteiger partial charge < -0.3 is 0 Å². The fourth-order valence-electron chi connectivity index (χ4n) is 2.97. The third-order valence-electron chi connectivity index (χ3n) is 4.29. The zero-order chi connectivity index (χ0) is 16.2. The number of aromatic nitrogens is 1. The second-order valence-electron chi connectivity index (χ2n) is 6.04. The van der Waals surface area contributed by atoms with Crippen molar-refractivity contribution < 1.29 is 0 Å². The minimum Gasteiger partial charge on any atom is -0.298 e. The van der Waals surface area contributed by atoms with Crippen molar-refractivity contribution in [2.45, 2.75) is 19.4 Å². The van der Waals surface area contributed by atoms with Crippen molar-refractivity contribution in [3.8, 4) is 0 Å². The van der Waals surface area contributed by atoms with Crippen molar-refractivity contribution in [2.24, 2.45) is 5.10 Å². The monoisotopic (exact) mass is 336 g/mol. The Balaban J connectivity index is 1.33. The molecule has 5 heteroatoms. The Hall–Kier alpha value is -2.24. The van der Waals surface area contributed by atoms with E-state index in [1.165, 1.54) is 16.0 Å². The van der Waals surface area contributed by atoms with Gasteiger partial charge in [0.1, 0.15) is 0 Å². The summed E-state index contributed by atoms with van der Waals surface area (Å²) in [5.41, 5.74) is 6.79. The summed E-state index contributed by atoms with van der Waals surface area (Å²) in [4.78, 5) is 7.05. The highest BCUT2D eigenvalue weighted by molar-refractivity contribution is 7.22. The van der Waals surface area contributed by atoms with Gasteiger partial charge in [-0.15, -0.1) is 0 Å². The summed E-state index contributed by atoms with van der Waals surface area (Å²) < 4.78 is 1.19. The largest absolute Gasteiger partial charge is 0.298 e. The minimum atomic E-state index is 0.871. The van der Waals surface area contributed by atoms with Crippen molar-refractivity contribution in [1.29, 1.82) is 0 Å². The molecule has 0 atom stereocenters. The van der Waals surface area contributed by atoms with Crippen LogP contribution in [-0.2, 0) is 6.54 Å². The number of hydrazone groups is 1. The van der Waals surface area contributed by atoms with E-state index in [1.807, 2.05) is 18.2 Å². The number of thiazole rings is 1. The van der Waals surface area contributed by atoms with Gasteiger partial charge in [0.15, 0.2) is 0 Å². The maximum atomic E-state index is 4.58. The van der Waals surface area contributed by atoms with Gasteiger partial charge in [0.05, 0.1) is 10.2 Å². The summed E-state index contributed by atoms with van der Waals surface area (Å²) in [5.74, 6) is 0. The highest BCUT2D eigenvalue weighted by atomic mass is 32.1. The predicted octanol–water partition coefficient (Wildman–Crippen LogP) is 4.36. The molecule has 1 aliphatic heterocycles. The summed E-state index contributed by atoms with van der Waals surface area (Å²) in [6, 6.07) is 18.8. The summed E-state index contributed by atoms with van der Waals surface area (Å²) in [5, 5.41) is 5.45. The number of hydrogen-bond acceptors (Lipinski definition) is 5. The second kappa shape index (κ2) is 7.11. The van der Waals surface area contributed by atoms with Crippen molar-refractivity contribution in [3.63, 3.8) is 0 Å². The maximum Gasteiger partial charge on any atom is 0.204 e. The maximum absolute atomic E-state index is 4.58. The van der Waals surface area contributed by atoms with E-state index in [0.29, 0.717) is 0 Å². The average Bonchev–Trinajstić information content (AvgIpc) is 3.05. The first-order chi connectivity index (χ1) is 11.9. The lowest BCUT2D eigenvalue weighted by Gasteiger charge is -2.27. The van der Waals surface area contributed by atoms with Crippen LogP contribution in [0, 0.1) is 0 Å². The lowest BCUT2D eigenvalue weighted by Crippen LogP contribution is -2.33. The summed E-state index contributed by atoms with van der Waals surface area (Å²) in [7, 11) is 0. The number of piperidine rings is 1. The van der Waals surface area contributed by atoms with E-state index in [4.69, 9.17) is 0 Å². The van der Waals surface area contributed by atoms with E-state index >= 15 is 0 Å². The first-order valence-electron chi connectivity index (χ1n) is 8.30. The van der Waals surface area contributed by atoms with Crippen LogP contribution in [0.2, 0.25) is 0 Å². The average molecular weight is 336 g/mol. The number of para-hydroxylation sites is 1. The molecule has 0 amide bonds. The second-order valence-corrected chi connectivity index (χ2v) is 7.07. The molecule has 122 valence electrons. The zero-order valence-electron chi connectivity index (χ0n) is 13.5. The predicted molar refractivity (Wildman–Crippen MR) is 102 cm³/mol. The molecule has 1 saturated heterocycles. The van der Waals surface area contributed by atoms with Crippen LogP contribution in [0.15, 0.2) is 59.7 Å². The van der Waals surface area contributed by atoms with Gasteiger partial charge in [-0.2, -0.15) is 5.10 Å². The number of benzene rings is 2. The van der Waals surface area contributed by atoms with Crippen LogP contribution in [-0.4, -0.2) is 28.7 Å². The number of nitrogens with one attached hydrogen (secondary N) is 1. The lowest BCUT2D eigenvalue weighted by molar-refractivity contribution is 0.266. The van der Waals surface area contributed by atoms with Gasteiger partial charge in [-0.05, 0) is 17.7 Å². The molecule has 2 aromatic carbocycles. The molecule has 0 spiro atoms. The number of hydrogen-bond donors (Lipinski definition) is 1. The van der Waals surface area contributed by atoms with E-state index in [9.17, 15) is 0 Å². The van der Waals surface area contributed by atoms with Crippen molar-refractivity contribution >= 4 is 32.4 Å². The summed E-state index contributed by atoms with van der Waals surface area (Å²) >= 11 is 1.65. The molecule has 4 nitrogen and oxygen atoms in total. The molecular weight excluding hydrogens is 316 g/mol. The van der Waals surface area contributed by atoms with Crippen LogP contribution in [0.25, 0.3) is 10.2 Å². The van der Waals surface area contributed by atoms with Gasteiger partial charge >= 0.3 is 0 Å². The third-order valence-corrected chi connectivity index (χ3v) is 5.23. The van der Waals surface area contributed by atoms with Crippen LogP contribution in [0.3, 0.4) is 0 Å². The van der Waals surface area contributed by atoms with E-state index in [2.05, 4.69) is 56.8 Å². The molecule has 3 aromatic rings. The summed E-state index contributed by atoms with van der Waals surface area (Å²) in [6.45, 7) is 3.16. The zero-order valence-corrected chi connectivity index (χ0v) is 14.3. The van der Waals surface area contributed by atoms with Crippen molar-refractivity contribution in [1.82, 2.24) is 9.88 Å². The molecular formula is C19H20N4S. The van der Waals surface area contributed by atoms with Gasteiger partial charge in [-0.25, -0.2) is 4.98 Å². The van der Waals surface area contributed by atoms with E-state index in [-0.39, 0.29) is 0 Å². The van der Waals surface area contributed by atoms with Crippen molar-refractivity contribution in [3.05, 3.63) is 60.2 Å². The van der Waals surface area contributed by atoms with Crippen LogP contribution < -0.4 is 5.43 Å².